The minimum Gasteiger partial charge on any atom is -0.416 e. The molecule has 0 aliphatic carbocycles. The van der Waals surface area contributed by atoms with Crippen LogP contribution in [0.1, 0.15) is 136 Å². The first-order chi connectivity index (χ1) is 13.2. The van der Waals surface area contributed by atoms with Gasteiger partial charge in [-0.1, -0.05) is 111 Å². The van der Waals surface area contributed by atoms with Crippen LogP contribution >= 0.6 is 0 Å². The van der Waals surface area contributed by atoms with E-state index in [1.54, 1.807) is 6.26 Å². The van der Waals surface area contributed by atoms with Gasteiger partial charge in [0.15, 0.2) is 0 Å². The van der Waals surface area contributed by atoms with E-state index in [0.29, 0.717) is 0 Å². The average molecular weight is 380 g/mol. The lowest BCUT2D eigenvalue weighted by Crippen LogP contribution is -2.25. The van der Waals surface area contributed by atoms with Crippen LogP contribution in [0.3, 0.4) is 0 Å². The molecule has 3 heteroatoms. The fourth-order valence-electron chi connectivity index (χ4n) is 4.32. The Hall–Kier alpha value is -0.990. The monoisotopic (exact) mass is 379 g/mol. The first-order valence-electron chi connectivity index (χ1n) is 11.9. The van der Waals surface area contributed by atoms with E-state index in [-0.39, 0.29) is 11.2 Å². The predicted molar refractivity (Wildman–Crippen MR) is 117 cm³/mol. The number of hydrogen-bond acceptors (Lipinski definition) is 2. The summed E-state index contributed by atoms with van der Waals surface area (Å²) in [7, 11) is 0. The van der Waals surface area contributed by atoms with Crippen LogP contribution in [0, 0.1) is 0 Å². The third-order valence-electron chi connectivity index (χ3n) is 6.45. The second-order valence-corrected chi connectivity index (χ2v) is 8.40. The third kappa shape index (κ3) is 9.67. The van der Waals surface area contributed by atoms with Crippen LogP contribution in [0.25, 0.3) is 0 Å². The van der Waals surface area contributed by atoms with Gasteiger partial charge in [-0.15, -0.1) is 0 Å². The third-order valence-corrected chi connectivity index (χ3v) is 6.45. The standard InChI is InChI=1S/C24H45NO2/c1-4-7-8-9-10-11-12-13-14-15-16-17-18-19-20-24(5-2,6-3)22-21-27-23(26)25-22/h21H,4-20H2,1-3H3,(H,25,26). The summed E-state index contributed by atoms with van der Waals surface area (Å²) in [4.78, 5) is 14.2. The second-order valence-electron chi connectivity index (χ2n) is 8.40. The lowest BCUT2D eigenvalue weighted by Gasteiger charge is -2.30. The Morgan fingerprint density at radius 2 is 1.19 bits per heavy atom. The molecule has 0 aliphatic rings. The number of unbranched alkanes of at least 4 members (excludes halogenated alkanes) is 13. The van der Waals surface area contributed by atoms with Crippen molar-refractivity contribution in [2.75, 3.05) is 0 Å². The van der Waals surface area contributed by atoms with Gasteiger partial charge in [0.1, 0.15) is 6.26 Å². The molecule has 0 saturated heterocycles. The number of aromatic amines is 1. The molecule has 1 N–H and O–H groups in total. The minimum absolute atomic E-state index is 0.0866. The smallest absolute Gasteiger partial charge is 0.416 e. The fourth-order valence-corrected chi connectivity index (χ4v) is 4.32. The molecule has 0 fully saturated rings. The Morgan fingerprint density at radius 3 is 1.56 bits per heavy atom. The Balaban J connectivity index is 2.02. The van der Waals surface area contributed by atoms with Gasteiger partial charge < -0.3 is 4.42 Å². The zero-order chi connectivity index (χ0) is 19.8. The summed E-state index contributed by atoms with van der Waals surface area (Å²) in [5.74, 6) is -0.322. The summed E-state index contributed by atoms with van der Waals surface area (Å²) in [5.41, 5.74) is 1.08. The van der Waals surface area contributed by atoms with Crippen molar-refractivity contribution in [1.82, 2.24) is 4.98 Å². The van der Waals surface area contributed by atoms with Crippen molar-refractivity contribution in [3.63, 3.8) is 0 Å². The van der Waals surface area contributed by atoms with Gasteiger partial charge in [-0.05, 0) is 19.3 Å². The highest BCUT2D eigenvalue weighted by Crippen LogP contribution is 2.35. The van der Waals surface area contributed by atoms with E-state index < -0.39 is 0 Å². The molecular formula is C24H45NO2. The Morgan fingerprint density at radius 1 is 0.741 bits per heavy atom. The lowest BCUT2D eigenvalue weighted by atomic mass is 9.75. The van der Waals surface area contributed by atoms with Crippen LogP contribution in [0.4, 0.5) is 0 Å². The first-order valence-corrected chi connectivity index (χ1v) is 11.9. The van der Waals surface area contributed by atoms with Crippen LogP contribution in [-0.2, 0) is 5.41 Å². The molecule has 1 aromatic heterocycles. The van der Waals surface area contributed by atoms with Gasteiger partial charge in [-0.25, -0.2) is 4.79 Å². The summed E-state index contributed by atoms with van der Waals surface area (Å²) >= 11 is 0. The minimum atomic E-state index is -0.322. The molecule has 0 saturated carbocycles. The Labute approximate surface area is 167 Å². The number of rotatable bonds is 18. The van der Waals surface area contributed by atoms with Gasteiger partial charge in [0.25, 0.3) is 0 Å². The molecule has 158 valence electrons. The van der Waals surface area contributed by atoms with E-state index >= 15 is 0 Å². The normalized spacial score (nSPS) is 12.0. The Bertz CT molecular complexity index is 498. The van der Waals surface area contributed by atoms with Gasteiger partial charge in [0.05, 0.1) is 5.69 Å². The van der Waals surface area contributed by atoms with Crippen LogP contribution in [0.5, 0.6) is 0 Å². The van der Waals surface area contributed by atoms with Crippen LogP contribution < -0.4 is 5.76 Å². The summed E-state index contributed by atoms with van der Waals surface area (Å²) in [6, 6.07) is 0. The predicted octanol–water partition coefficient (Wildman–Crippen LogP) is 7.90. The van der Waals surface area contributed by atoms with E-state index in [1.165, 1.54) is 89.9 Å². The highest BCUT2D eigenvalue weighted by Gasteiger charge is 2.30. The van der Waals surface area contributed by atoms with Crippen molar-refractivity contribution in [2.24, 2.45) is 0 Å². The molecule has 0 bridgehead atoms. The highest BCUT2D eigenvalue weighted by atomic mass is 16.4. The van der Waals surface area contributed by atoms with Crippen LogP contribution in [0.2, 0.25) is 0 Å². The van der Waals surface area contributed by atoms with Crippen LogP contribution in [-0.4, -0.2) is 4.98 Å². The van der Waals surface area contributed by atoms with E-state index in [0.717, 1.165) is 25.0 Å². The molecule has 0 amide bonds. The van der Waals surface area contributed by atoms with Crippen molar-refractivity contribution in [1.29, 1.82) is 0 Å². The van der Waals surface area contributed by atoms with Gasteiger partial charge in [0, 0.05) is 5.41 Å². The lowest BCUT2D eigenvalue weighted by molar-refractivity contribution is 0.338. The Kier molecular flexibility index (Phi) is 13.4. The van der Waals surface area contributed by atoms with Gasteiger partial charge in [-0.2, -0.15) is 0 Å². The molecular weight excluding hydrogens is 334 g/mol. The number of aromatic nitrogens is 1. The number of H-pyrrole nitrogens is 1. The van der Waals surface area contributed by atoms with E-state index in [4.69, 9.17) is 4.42 Å². The molecule has 1 aromatic rings. The summed E-state index contributed by atoms with van der Waals surface area (Å²) in [6.07, 6.45) is 24.4. The maximum atomic E-state index is 11.3. The molecule has 0 unspecified atom stereocenters. The zero-order valence-electron chi connectivity index (χ0n) is 18.4. The van der Waals surface area contributed by atoms with E-state index in [1.807, 2.05) is 0 Å². The topological polar surface area (TPSA) is 46.0 Å². The summed E-state index contributed by atoms with van der Waals surface area (Å²) in [6.45, 7) is 6.72. The summed E-state index contributed by atoms with van der Waals surface area (Å²) in [5, 5.41) is 0. The van der Waals surface area contributed by atoms with Gasteiger partial charge >= 0.3 is 5.76 Å². The molecule has 0 atom stereocenters. The molecule has 3 nitrogen and oxygen atoms in total. The maximum Gasteiger partial charge on any atom is 0.416 e. The van der Waals surface area contributed by atoms with Crippen molar-refractivity contribution < 1.29 is 4.42 Å². The second kappa shape index (κ2) is 15.0. The van der Waals surface area contributed by atoms with E-state index in [2.05, 4.69) is 25.8 Å². The molecule has 0 aromatic carbocycles. The summed E-state index contributed by atoms with van der Waals surface area (Å²) < 4.78 is 4.99. The molecule has 1 rings (SSSR count). The molecule has 0 aliphatic heterocycles. The fraction of sp³-hybridized carbons (Fsp3) is 0.875. The van der Waals surface area contributed by atoms with Crippen LogP contribution in [0.15, 0.2) is 15.5 Å². The molecule has 0 spiro atoms. The molecule has 1 heterocycles. The van der Waals surface area contributed by atoms with Crippen molar-refractivity contribution in [3.8, 4) is 0 Å². The van der Waals surface area contributed by atoms with Gasteiger partial charge in [-0.3, -0.25) is 4.98 Å². The molecule has 27 heavy (non-hydrogen) atoms. The number of hydrogen-bond donors (Lipinski definition) is 1. The maximum absolute atomic E-state index is 11.3. The van der Waals surface area contributed by atoms with E-state index in [9.17, 15) is 4.79 Å². The first kappa shape index (κ1) is 24.0. The zero-order valence-corrected chi connectivity index (χ0v) is 18.4. The van der Waals surface area contributed by atoms with Crippen molar-refractivity contribution in [2.45, 2.75) is 135 Å². The largest absolute Gasteiger partial charge is 0.416 e. The quantitative estimate of drug-likeness (QED) is 0.263. The average Bonchev–Trinajstić information content (AvgIpc) is 3.12. The number of nitrogens with one attached hydrogen (secondary N) is 1. The van der Waals surface area contributed by atoms with Crippen molar-refractivity contribution >= 4 is 0 Å². The molecule has 0 radical (unpaired) electrons. The number of oxazole rings is 1. The van der Waals surface area contributed by atoms with Gasteiger partial charge in [0.2, 0.25) is 0 Å². The van der Waals surface area contributed by atoms with Crippen molar-refractivity contribution in [3.05, 3.63) is 22.5 Å². The highest BCUT2D eigenvalue weighted by molar-refractivity contribution is 5.11. The SMILES string of the molecule is CCCCCCCCCCCCCCCCC(CC)(CC)c1coc(=O)[nH]1.